The third-order valence-corrected chi connectivity index (χ3v) is 4.55. The maximum atomic E-state index is 11.8. The first-order valence-corrected chi connectivity index (χ1v) is 7.59. The van der Waals surface area contributed by atoms with E-state index in [0.29, 0.717) is 6.04 Å². The SMILES string of the molecule is CNCc1ccc(Sc2n[nH]c(=O)n2C2CC2)c(C)c1. The minimum atomic E-state index is -0.0977. The largest absolute Gasteiger partial charge is 0.344 e. The predicted octanol–water partition coefficient (Wildman–Crippen LogP) is 2.09. The van der Waals surface area contributed by atoms with Gasteiger partial charge >= 0.3 is 5.69 Å². The van der Waals surface area contributed by atoms with Crippen molar-refractivity contribution < 1.29 is 0 Å². The number of nitrogens with zero attached hydrogens (tertiary/aromatic N) is 2. The van der Waals surface area contributed by atoms with Crippen molar-refractivity contribution in [2.45, 2.75) is 42.4 Å². The molecule has 0 spiro atoms. The lowest BCUT2D eigenvalue weighted by atomic mass is 10.1. The molecule has 6 heteroatoms. The second kappa shape index (κ2) is 5.46. The van der Waals surface area contributed by atoms with Crippen LogP contribution < -0.4 is 11.0 Å². The van der Waals surface area contributed by atoms with Crippen molar-refractivity contribution in [1.82, 2.24) is 20.1 Å². The van der Waals surface area contributed by atoms with Crippen LogP contribution in [0.4, 0.5) is 0 Å². The molecule has 20 heavy (non-hydrogen) atoms. The summed E-state index contributed by atoms with van der Waals surface area (Å²) < 4.78 is 1.78. The van der Waals surface area contributed by atoms with Gasteiger partial charge in [0, 0.05) is 17.5 Å². The Morgan fingerprint density at radius 2 is 2.30 bits per heavy atom. The van der Waals surface area contributed by atoms with E-state index < -0.39 is 0 Å². The van der Waals surface area contributed by atoms with Crippen LogP contribution in [0.2, 0.25) is 0 Å². The standard InChI is InChI=1S/C14H18N4OS/c1-9-7-10(8-15-2)3-6-12(9)20-14-17-16-13(19)18(14)11-4-5-11/h3,6-7,11,15H,4-5,8H2,1-2H3,(H,16,19). The van der Waals surface area contributed by atoms with Gasteiger partial charge in [-0.1, -0.05) is 12.1 Å². The van der Waals surface area contributed by atoms with E-state index in [9.17, 15) is 4.79 Å². The van der Waals surface area contributed by atoms with Crippen molar-refractivity contribution >= 4 is 11.8 Å². The molecule has 0 atom stereocenters. The van der Waals surface area contributed by atoms with Crippen LogP contribution in [-0.4, -0.2) is 21.8 Å². The third kappa shape index (κ3) is 2.66. The first-order chi connectivity index (χ1) is 9.69. The van der Waals surface area contributed by atoms with Crippen LogP contribution in [0.1, 0.15) is 30.0 Å². The van der Waals surface area contributed by atoms with Crippen molar-refractivity contribution in [3.63, 3.8) is 0 Å². The second-order valence-corrected chi connectivity index (χ2v) is 6.15. The molecule has 0 radical (unpaired) electrons. The molecule has 5 nitrogen and oxygen atoms in total. The molecule has 1 aliphatic rings. The van der Waals surface area contributed by atoms with E-state index in [1.165, 1.54) is 11.1 Å². The maximum absolute atomic E-state index is 11.8. The van der Waals surface area contributed by atoms with Gasteiger partial charge in [-0.3, -0.25) is 4.57 Å². The molecule has 0 saturated heterocycles. The normalized spacial score (nSPS) is 14.7. The zero-order valence-electron chi connectivity index (χ0n) is 11.6. The number of aromatic amines is 1. The maximum Gasteiger partial charge on any atom is 0.344 e. The molecule has 1 aromatic heterocycles. The summed E-state index contributed by atoms with van der Waals surface area (Å²) in [5.74, 6) is 0. The fraction of sp³-hybridized carbons (Fsp3) is 0.429. The Balaban J connectivity index is 1.86. The summed E-state index contributed by atoms with van der Waals surface area (Å²) in [6.45, 7) is 2.95. The van der Waals surface area contributed by atoms with E-state index in [1.54, 1.807) is 16.3 Å². The fourth-order valence-electron chi connectivity index (χ4n) is 2.26. The Hall–Kier alpha value is -1.53. The molecule has 1 aromatic carbocycles. The number of H-pyrrole nitrogens is 1. The number of benzene rings is 1. The van der Waals surface area contributed by atoms with Crippen molar-refractivity contribution in [2.24, 2.45) is 0 Å². The molecule has 2 aromatic rings. The molecule has 3 rings (SSSR count). The Morgan fingerprint density at radius 3 is 2.95 bits per heavy atom. The van der Waals surface area contributed by atoms with Crippen LogP contribution in [-0.2, 0) is 6.54 Å². The number of hydrogen-bond donors (Lipinski definition) is 2. The lowest BCUT2D eigenvalue weighted by Crippen LogP contribution is -2.16. The molecule has 1 aliphatic carbocycles. The van der Waals surface area contributed by atoms with Gasteiger partial charge in [0.2, 0.25) is 0 Å². The highest BCUT2D eigenvalue weighted by Gasteiger charge is 2.28. The highest BCUT2D eigenvalue weighted by Crippen LogP contribution is 2.38. The molecule has 106 valence electrons. The summed E-state index contributed by atoms with van der Waals surface area (Å²) in [7, 11) is 1.94. The van der Waals surface area contributed by atoms with Gasteiger partial charge in [-0.05, 0) is 55.8 Å². The summed E-state index contributed by atoms with van der Waals surface area (Å²) in [5, 5.41) is 10.6. The summed E-state index contributed by atoms with van der Waals surface area (Å²) in [5.41, 5.74) is 2.37. The summed E-state index contributed by atoms with van der Waals surface area (Å²) in [4.78, 5) is 12.9. The van der Waals surface area contributed by atoms with Crippen LogP contribution in [0.15, 0.2) is 33.0 Å². The van der Waals surface area contributed by atoms with E-state index >= 15 is 0 Å². The van der Waals surface area contributed by atoms with Gasteiger partial charge in [0.15, 0.2) is 5.16 Å². The molecule has 2 N–H and O–H groups in total. The van der Waals surface area contributed by atoms with E-state index in [-0.39, 0.29) is 5.69 Å². The Kier molecular flexibility index (Phi) is 3.67. The molecule has 1 fully saturated rings. The van der Waals surface area contributed by atoms with Gasteiger partial charge in [0.1, 0.15) is 0 Å². The minimum absolute atomic E-state index is 0.0977. The van der Waals surface area contributed by atoms with Gasteiger partial charge in [-0.2, -0.15) is 0 Å². The quantitative estimate of drug-likeness (QED) is 0.885. The summed E-state index contributed by atoms with van der Waals surface area (Å²) >= 11 is 1.56. The van der Waals surface area contributed by atoms with Crippen molar-refractivity contribution in [3.8, 4) is 0 Å². The monoisotopic (exact) mass is 290 g/mol. The lowest BCUT2D eigenvalue weighted by molar-refractivity contribution is 0.642. The van der Waals surface area contributed by atoms with Crippen molar-refractivity contribution in [1.29, 1.82) is 0 Å². The highest BCUT2D eigenvalue weighted by atomic mass is 32.2. The van der Waals surface area contributed by atoms with Gasteiger partial charge in [0.25, 0.3) is 0 Å². The van der Waals surface area contributed by atoms with E-state index in [4.69, 9.17) is 0 Å². The molecule has 0 aliphatic heterocycles. The van der Waals surface area contributed by atoms with E-state index in [0.717, 1.165) is 29.4 Å². The van der Waals surface area contributed by atoms with Crippen molar-refractivity contribution in [2.75, 3.05) is 7.05 Å². The number of hydrogen-bond acceptors (Lipinski definition) is 4. The number of nitrogens with one attached hydrogen (secondary N) is 2. The molecule has 0 amide bonds. The first kappa shape index (κ1) is 13.5. The molecule has 1 saturated carbocycles. The lowest BCUT2D eigenvalue weighted by Gasteiger charge is -2.08. The minimum Gasteiger partial charge on any atom is -0.316 e. The average molecular weight is 290 g/mol. The highest BCUT2D eigenvalue weighted by molar-refractivity contribution is 7.99. The zero-order chi connectivity index (χ0) is 14.1. The van der Waals surface area contributed by atoms with Gasteiger partial charge in [0.05, 0.1) is 0 Å². The molecular weight excluding hydrogens is 272 g/mol. The van der Waals surface area contributed by atoms with Crippen LogP contribution >= 0.6 is 11.8 Å². The topological polar surface area (TPSA) is 62.7 Å². The predicted molar refractivity (Wildman–Crippen MR) is 79.2 cm³/mol. The Morgan fingerprint density at radius 1 is 1.50 bits per heavy atom. The summed E-state index contributed by atoms with van der Waals surface area (Å²) in [6, 6.07) is 6.72. The average Bonchev–Trinajstić information content (AvgIpc) is 3.18. The van der Waals surface area contributed by atoms with Gasteiger partial charge < -0.3 is 5.32 Å². The molecule has 0 bridgehead atoms. The van der Waals surface area contributed by atoms with E-state index in [2.05, 4.69) is 40.6 Å². The Labute approximate surface area is 121 Å². The van der Waals surface area contributed by atoms with Crippen LogP contribution in [0.5, 0.6) is 0 Å². The van der Waals surface area contributed by atoms with E-state index in [1.807, 2.05) is 7.05 Å². The van der Waals surface area contributed by atoms with Crippen LogP contribution in [0.3, 0.4) is 0 Å². The van der Waals surface area contributed by atoms with Crippen molar-refractivity contribution in [3.05, 3.63) is 39.8 Å². The first-order valence-electron chi connectivity index (χ1n) is 6.78. The van der Waals surface area contributed by atoms with Gasteiger partial charge in [-0.15, -0.1) is 5.10 Å². The molecule has 0 unspecified atom stereocenters. The molecular formula is C14H18N4OS. The van der Waals surface area contributed by atoms with Gasteiger partial charge in [-0.25, -0.2) is 9.89 Å². The van der Waals surface area contributed by atoms with Crippen LogP contribution in [0, 0.1) is 6.92 Å². The van der Waals surface area contributed by atoms with Crippen LogP contribution in [0.25, 0.3) is 0 Å². The molecule has 1 heterocycles. The third-order valence-electron chi connectivity index (χ3n) is 3.41. The fourth-order valence-corrected chi connectivity index (χ4v) is 3.23. The number of aromatic nitrogens is 3. The second-order valence-electron chi connectivity index (χ2n) is 5.14. The number of rotatable bonds is 5. The smallest absolute Gasteiger partial charge is 0.316 e. The number of aryl methyl sites for hydroxylation is 1. The summed E-state index contributed by atoms with van der Waals surface area (Å²) in [6.07, 6.45) is 2.15. The Bertz CT molecular complexity index is 672. The zero-order valence-corrected chi connectivity index (χ0v) is 12.5.